The van der Waals surface area contributed by atoms with Crippen molar-refractivity contribution in [2.75, 3.05) is 5.32 Å². The molecule has 1 heterocycles. The first-order valence-corrected chi connectivity index (χ1v) is 6.71. The van der Waals surface area contributed by atoms with Gasteiger partial charge in [0, 0.05) is 12.6 Å². The van der Waals surface area contributed by atoms with Crippen LogP contribution in [0.2, 0.25) is 0 Å². The van der Waals surface area contributed by atoms with Crippen molar-refractivity contribution in [1.82, 2.24) is 15.1 Å². The van der Waals surface area contributed by atoms with Gasteiger partial charge in [0.2, 0.25) is 0 Å². The molecule has 1 aromatic heterocycles. The van der Waals surface area contributed by atoms with Gasteiger partial charge in [0.05, 0.1) is 17.6 Å². The van der Waals surface area contributed by atoms with Crippen molar-refractivity contribution >= 4 is 23.0 Å². The molecule has 4 nitrogen and oxygen atoms in total. The van der Waals surface area contributed by atoms with Gasteiger partial charge in [-0.15, -0.1) is 0 Å². The minimum absolute atomic E-state index is 0.552. The molecule has 1 aromatic rings. The summed E-state index contributed by atoms with van der Waals surface area (Å²) in [5, 5.41) is 11.6. The van der Waals surface area contributed by atoms with E-state index in [9.17, 15) is 0 Å². The van der Waals surface area contributed by atoms with Crippen molar-refractivity contribution in [2.45, 2.75) is 52.1 Å². The zero-order valence-corrected chi connectivity index (χ0v) is 11.3. The van der Waals surface area contributed by atoms with Crippen molar-refractivity contribution in [1.29, 1.82) is 0 Å². The van der Waals surface area contributed by atoms with Crippen molar-refractivity contribution in [2.24, 2.45) is 0 Å². The number of aryl methyl sites for hydroxylation is 1. The van der Waals surface area contributed by atoms with Crippen LogP contribution in [-0.2, 0) is 6.54 Å². The topological polar surface area (TPSA) is 41.9 Å². The van der Waals surface area contributed by atoms with Gasteiger partial charge in [-0.05, 0) is 38.9 Å². The van der Waals surface area contributed by atoms with Crippen LogP contribution < -0.4 is 10.6 Å². The molecule has 0 radical (unpaired) electrons. The molecule has 5 heteroatoms. The number of anilines is 1. The lowest BCUT2D eigenvalue weighted by molar-refractivity contribution is 0.634. The van der Waals surface area contributed by atoms with Gasteiger partial charge < -0.3 is 10.6 Å². The summed E-state index contributed by atoms with van der Waals surface area (Å²) >= 11 is 5.32. The van der Waals surface area contributed by atoms with Gasteiger partial charge in [-0.3, -0.25) is 4.68 Å². The maximum absolute atomic E-state index is 5.32. The van der Waals surface area contributed by atoms with Crippen LogP contribution in [0.3, 0.4) is 0 Å². The van der Waals surface area contributed by atoms with Crippen molar-refractivity contribution in [3.63, 3.8) is 0 Å². The largest absolute Gasteiger partial charge is 0.360 e. The first-order chi connectivity index (χ1) is 8.20. The molecule has 0 bridgehead atoms. The van der Waals surface area contributed by atoms with Crippen LogP contribution in [0.15, 0.2) is 6.20 Å². The first kappa shape index (κ1) is 12.4. The van der Waals surface area contributed by atoms with Gasteiger partial charge >= 0.3 is 0 Å². The number of rotatable bonds is 3. The molecule has 0 aliphatic heterocycles. The van der Waals surface area contributed by atoms with Crippen LogP contribution in [0.25, 0.3) is 0 Å². The molecule has 0 unspecified atom stereocenters. The summed E-state index contributed by atoms with van der Waals surface area (Å²) in [5.74, 6) is 0. The third kappa shape index (κ3) is 2.97. The van der Waals surface area contributed by atoms with E-state index in [1.54, 1.807) is 0 Å². The van der Waals surface area contributed by atoms with E-state index in [1.807, 2.05) is 10.9 Å². The SMILES string of the molecule is CCn1ncc(NC(=S)NC2CCCC2)c1C. The normalized spacial score (nSPS) is 16.1. The van der Waals surface area contributed by atoms with Gasteiger partial charge in [-0.1, -0.05) is 12.8 Å². The number of hydrogen-bond donors (Lipinski definition) is 2. The molecule has 94 valence electrons. The summed E-state index contributed by atoms with van der Waals surface area (Å²) in [7, 11) is 0. The standard InChI is InChI=1S/C12H20N4S/c1-3-16-9(2)11(8-13-16)15-12(17)14-10-6-4-5-7-10/h8,10H,3-7H2,1-2H3,(H2,14,15,17). The van der Waals surface area contributed by atoms with E-state index >= 15 is 0 Å². The average Bonchev–Trinajstić information content (AvgIpc) is 2.90. The first-order valence-electron chi connectivity index (χ1n) is 6.30. The van der Waals surface area contributed by atoms with Gasteiger partial charge in [0.1, 0.15) is 0 Å². The molecule has 17 heavy (non-hydrogen) atoms. The fourth-order valence-electron chi connectivity index (χ4n) is 2.30. The zero-order valence-electron chi connectivity index (χ0n) is 10.5. The Balaban J connectivity index is 1.90. The van der Waals surface area contributed by atoms with Gasteiger partial charge in [-0.2, -0.15) is 5.10 Å². The van der Waals surface area contributed by atoms with E-state index in [0.717, 1.165) is 23.0 Å². The Hall–Kier alpha value is -1.10. The fraction of sp³-hybridized carbons (Fsp3) is 0.667. The van der Waals surface area contributed by atoms with Crippen molar-refractivity contribution < 1.29 is 0 Å². The fourth-order valence-corrected chi connectivity index (χ4v) is 2.58. The second kappa shape index (κ2) is 5.49. The molecule has 1 aliphatic rings. The molecule has 0 spiro atoms. The Morgan fingerprint density at radius 2 is 2.24 bits per heavy atom. The summed E-state index contributed by atoms with van der Waals surface area (Å²) in [5.41, 5.74) is 2.13. The third-order valence-corrected chi connectivity index (χ3v) is 3.56. The lowest BCUT2D eigenvalue weighted by Gasteiger charge is -2.15. The number of thiocarbonyl (C=S) groups is 1. The van der Waals surface area contributed by atoms with Crippen molar-refractivity contribution in [3.8, 4) is 0 Å². The minimum atomic E-state index is 0.552. The van der Waals surface area contributed by atoms with Gasteiger partial charge in [-0.25, -0.2) is 0 Å². The van der Waals surface area contributed by atoms with Crippen LogP contribution >= 0.6 is 12.2 Å². The van der Waals surface area contributed by atoms with E-state index in [0.29, 0.717) is 6.04 Å². The molecule has 0 aromatic carbocycles. The number of nitrogens with one attached hydrogen (secondary N) is 2. The Labute approximate surface area is 108 Å². The number of aromatic nitrogens is 2. The summed E-state index contributed by atoms with van der Waals surface area (Å²) in [4.78, 5) is 0. The van der Waals surface area contributed by atoms with Gasteiger partial charge in [0.25, 0.3) is 0 Å². The molecule has 0 saturated heterocycles. The average molecular weight is 252 g/mol. The molecule has 1 aliphatic carbocycles. The molecule has 2 N–H and O–H groups in total. The third-order valence-electron chi connectivity index (χ3n) is 3.34. The lowest BCUT2D eigenvalue weighted by atomic mass is 10.2. The predicted octanol–water partition coefficient (Wildman–Crippen LogP) is 2.44. The van der Waals surface area contributed by atoms with E-state index in [1.165, 1.54) is 25.7 Å². The molecular weight excluding hydrogens is 232 g/mol. The molecule has 0 amide bonds. The van der Waals surface area contributed by atoms with Crippen LogP contribution in [0.5, 0.6) is 0 Å². The minimum Gasteiger partial charge on any atom is -0.360 e. The maximum atomic E-state index is 5.32. The molecule has 1 saturated carbocycles. The van der Waals surface area contributed by atoms with Crippen LogP contribution in [0, 0.1) is 6.92 Å². The van der Waals surface area contributed by atoms with E-state index in [4.69, 9.17) is 12.2 Å². The smallest absolute Gasteiger partial charge is 0.171 e. The van der Waals surface area contributed by atoms with E-state index in [2.05, 4.69) is 29.6 Å². The second-order valence-electron chi connectivity index (χ2n) is 4.54. The number of nitrogens with zero attached hydrogens (tertiary/aromatic N) is 2. The monoisotopic (exact) mass is 252 g/mol. The van der Waals surface area contributed by atoms with Crippen LogP contribution in [0.4, 0.5) is 5.69 Å². The highest BCUT2D eigenvalue weighted by atomic mass is 32.1. The van der Waals surface area contributed by atoms with Crippen LogP contribution in [0.1, 0.15) is 38.3 Å². The van der Waals surface area contributed by atoms with Gasteiger partial charge in [0.15, 0.2) is 5.11 Å². The highest BCUT2D eigenvalue weighted by molar-refractivity contribution is 7.80. The summed E-state index contributed by atoms with van der Waals surface area (Å²) in [6.07, 6.45) is 6.92. The lowest BCUT2D eigenvalue weighted by Crippen LogP contribution is -2.36. The summed E-state index contributed by atoms with van der Waals surface area (Å²) in [6, 6.07) is 0.552. The highest BCUT2D eigenvalue weighted by Crippen LogP contribution is 2.18. The Morgan fingerprint density at radius 1 is 1.53 bits per heavy atom. The predicted molar refractivity (Wildman–Crippen MR) is 74.3 cm³/mol. The maximum Gasteiger partial charge on any atom is 0.171 e. The Bertz CT molecular complexity index is 393. The molecule has 1 fully saturated rings. The highest BCUT2D eigenvalue weighted by Gasteiger charge is 2.16. The second-order valence-corrected chi connectivity index (χ2v) is 4.95. The zero-order chi connectivity index (χ0) is 12.3. The molecule has 2 rings (SSSR count). The molecule has 0 atom stereocenters. The van der Waals surface area contributed by atoms with E-state index in [-0.39, 0.29) is 0 Å². The van der Waals surface area contributed by atoms with Crippen LogP contribution in [-0.4, -0.2) is 20.9 Å². The summed E-state index contributed by atoms with van der Waals surface area (Å²) < 4.78 is 1.96. The van der Waals surface area contributed by atoms with Crippen molar-refractivity contribution in [3.05, 3.63) is 11.9 Å². The molecular formula is C12H20N4S. The quantitative estimate of drug-likeness (QED) is 0.811. The van der Waals surface area contributed by atoms with E-state index < -0.39 is 0 Å². The number of hydrogen-bond acceptors (Lipinski definition) is 2. The Morgan fingerprint density at radius 3 is 2.82 bits per heavy atom. The Kier molecular flexibility index (Phi) is 3.99. The summed E-state index contributed by atoms with van der Waals surface area (Å²) in [6.45, 7) is 5.02.